The predicted molar refractivity (Wildman–Crippen MR) is 130 cm³/mol. The number of fused-ring (bicyclic) bond motifs is 1. The molecule has 194 valence electrons. The molecule has 4 N–H and O–H groups in total. The average molecular weight is 590 g/mol. The molecule has 2 aliphatic heterocycles. The molecule has 4 rings (SSSR count). The monoisotopic (exact) mass is 589 g/mol. The number of hydrogen-bond acceptors (Lipinski definition) is 8. The number of aliphatic hydroxyl groups is 1. The summed E-state index contributed by atoms with van der Waals surface area (Å²) in [5.41, 5.74) is -0.672. The smallest absolute Gasteiger partial charge is 0.208 e. The molecule has 36 heavy (non-hydrogen) atoms. The van der Waals surface area contributed by atoms with E-state index in [2.05, 4.69) is 31.0 Å². The fourth-order valence-corrected chi connectivity index (χ4v) is 5.75. The van der Waals surface area contributed by atoms with E-state index in [9.17, 15) is 18.3 Å². The SMILES string of the molecule is CC(C)OC1C([NH+]=C/C(=N\N)c2cc(F)c(F)c(F)c2)[C@H]2OCC(O)C2O[C@@H]1Sc1cncc(Br)c1. The lowest BCUT2D eigenvalue weighted by atomic mass is 9.96. The van der Waals surface area contributed by atoms with Crippen molar-refractivity contribution < 1.29 is 37.5 Å². The Balaban J connectivity index is 1.68. The van der Waals surface area contributed by atoms with Gasteiger partial charge in [-0.1, -0.05) is 11.8 Å². The van der Waals surface area contributed by atoms with Crippen molar-refractivity contribution in [1.82, 2.24) is 4.98 Å². The zero-order valence-electron chi connectivity index (χ0n) is 19.3. The summed E-state index contributed by atoms with van der Waals surface area (Å²) in [5.74, 6) is 1.16. The molecule has 0 spiro atoms. The minimum absolute atomic E-state index is 0.0296. The number of benzene rings is 1. The number of ether oxygens (including phenoxy) is 3. The fraction of sp³-hybridized carbons (Fsp3) is 0.435. The molecule has 1 aromatic heterocycles. The van der Waals surface area contributed by atoms with Gasteiger partial charge in [-0.05, 0) is 48.0 Å². The van der Waals surface area contributed by atoms with Crippen molar-refractivity contribution >= 4 is 39.6 Å². The van der Waals surface area contributed by atoms with Gasteiger partial charge in [-0.2, -0.15) is 5.10 Å². The van der Waals surface area contributed by atoms with Crippen LogP contribution in [0.25, 0.3) is 0 Å². The topological polar surface area (TPSA) is 113 Å². The van der Waals surface area contributed by atoms with Gasteiger partial charge in [0.15, 0.2) is 41.6 Å². The Kier molecular flexibility index (Phi) is 8.68. The van der Waals surface area contributed by atoms with Crippen molar-refractivity contribution in [3.8, 4) is 0 Å². The van der Waals surface area contributed by atoms with Crippen LogP contribution in [0, 0.1) is 17.5 Å². The maximum absolute atomic E-state index is 13.8. The average Bonchev–Trinajstić information content (AvgIpc) is 3.19. The Labute approximate surface area is 218 Å². The molecule has 0 bridgehead atoms. The largest absolute Gasteiger partial charge is 0.388 e. The third-order valence-electron chi connectivity index (χ3n) is 5.62. The van der Waals surface area contributed by atoms with Gasteiger partial charge in [0.05, 0.1) is 12.7 Å². The number of pyridine rings is 1. The van der Waals surface area contributed by atoms with Gasteiger partial charge >= 0.3 is 0 Å². The molecule has 6 atom stereocenters. The van der Waals surface area contributed by atoms with Gasteiger partial charge in [-0.15, -0.1) is 0 Å². The van der Waals surface area contributed by atoms with E-state index >= 15 is 0 Å². The molecule has 0 saturated carbocycles. The van der Waals surface area contributed by atoms with Gasteiger partial charge < -0.3 is 25.2 Å². The summed E-state index contributed by atoms with van der Waals surface area (Å²) in [7, 11) is 0. The van der Waals surface area contributed by atoms with Crippen LogP contribution in [0.4, 0.5) is 13.2 Å². The number of rotatable bonds is 7. The summed E-state index contributed by atoms with van der Waals surface area (Å²) in [6, 6.07) is 2.90. The van der Waals surface area contributed by atoms with Crippen LogP contribution in [0.5, 0.6) is 0 Å². The third-order valence-corrected chi connectivity index (χ3v) is 7.16. The highest BCUT2D eigenvalue weighted by molar-refractivity contribution is 9.10. The van der Waals surface area contributed by atoms with Crippen LogP contribution in [0.3, 0.4) is 0 Å². The zero-order chi connectivity index (χ0) is 26.0. The van der Waals surface area contributed by atoms with E-state index in [1.165, 1.54) is 18.0 Å². The van der Waals surface area contributed by atoms with Gasteiger partial charge in [0.2, 0.25) is 6.04 Å². The van der Waals surface area contributed by atoms with Crippen LogP contribution < -0.4 is 10.8 Å². The van der Waals surface area contributed by atoms with E-state index in [0.717, 1.165) is 21.5 Å². The second kappa shape index (κ2) is 11.6. The maximum atomic E-state index is 13.8. The lowest BCUT2D eigenvalue weighted by Gasteiger charge is -2.40. The minimum atomic E-state index is -1.59. The summed E-state index contributed by atoms with van der Waals surface area (Å²) < 4.78 is 60.1. The highest BCUT2D eigenvalue weighted by Gasteiger charge is 2.56. The lowest BCUT2D eigenvalue weighted by Crippen LogP contribution is -2.88. The quantitative estimate of drug-likeness (QED) is 0.194. The Morgan fingerprint density at radius 2 is 2.00 bits per heavy atom. The van der Waals surface area contributed by atoms with Crippen LogP contribution in [-0.4, -0.2) is 70.6 Å². The molecule has 2 aromatic rings. The van der Waals surface area contributed by atoms with Crippen LogP contribution >= 0.6 is 27.7 Å². The number of nitrogens with zero attached hydrogens (tertiary/aromatic N) is 2. The number of thioether (sulfide) groups is 1. The van der Waals surface area contributed by atoms with Crippen molar-refractivity contribution in [2.75, 3.05) is 6.61 Å². The molecule has 13 heteroatoms. The normalized spacial score (nSPS) is 28.7. The molecule has 1 aromatic carbocycles. The molecule has 4 unspecified atom stereocenters. The van der Waals surface area contributed by atoms with Gasteiger partial charge in [0.25, 0.3) is 0 Å². The molecule has 0 amide bonds. The Hall–Kier alpha value is -2.03. The van der Waals surface area contributed by atoms with Crippen molar-refractivity contribution in [1.29, 1.82) is 0 Å². The first-order chi connectivity index (χ1) is 17.2. The van der Waals surface area contributed by atoms with E-state index in [4.69, 9.17) is 20.1 Å². The Morgan fingerprint density at radius 1 is 1.28 bits per heavy atom. The van der Waals surface area contributed by atoms with Crippen LogP contribution in [-0.2, 0) is 14.2 Å². The van der Waals surface area contributed by atoms with E-state index in [0.29, 0.717) is 0 Å². The molecular formula is C23H25BrF3N4O4S+. The van der Waals surface area contributed by atoms with Crippen molar-refractivity contribution in [2.24, 2.45) is 10.9 Å². The summed E-state index contributed by atoms with van der Waals surface area (Å²) in [6.07, 6.45) is 1.75. The summed E-state index contributed by atoms with van der Waals surface area (Å²) in [4.78, 5) is 8.14. The lowest BCUT2D eigenvalue weighted by molar-refractivity contribution is -0.538. The molecular weight excluding hydrogens is 565 g/mol. The Morgan fingerprint density at radius 3 is 2.64 bits per heavy atom. The van der Waals surface area contributed by atoms with E-state index in [1.807, 2.05) is 19.9 Å². The molecule has 2 saturated heterocycles. The van der Waals surface area contributed by atoms with Gasteiger partial charge in [0, 0.05) is 27.3 Å². The van der Waals surface area contributed by atoms with E-state index < -0.39 is 53.3 Å². The van der Waals surface area contributed by atoms with Crippen molar-refractivity contribution in [2.45, 2.75) is 60.7 Å². The number of nitrogens with one attached hydrogen (secondary N) is 1. The first-order valence-electron chi connectivity index (χ1n) is 11.1. The van der Waals surface area contributed by atoms with Crippen molar-refractivity contribution in [3.63, 3.8) is 0 Å². The second-order valence-electron chi connectivity index (χ2n) is 8.55. The second-order valence-corrected chi connectivity index (χ2v) is 10.6. The van der Waals surface area contributed by atoms with Crippen LogP contribution in [0.15, 0.2) is 45.1 Å². The molecule has 2 fully saturated rings. The zero-order valence-corrected chi connectivity index (χ0v) is 21.7. The molecule has 2 aliphatic rings. The van der Waals surface area contributed by atoms with Crippen LogP contribution in [0.2, 0.25) is 0 Å². The van der Waals surface area contributed by atoms with Gasteiger partial charge in [0.1, 0.15) is 17.6 Å². The highest BCUT2D eigenvalue weighted by atomic mass is 79.9. The first-order valence-corrected chi connectivity index (χ1v) is 12.7. The summed E-state index contributed by atoms with van der Waals surface area (Å²) in [5, 5.41) is 14.1. The highest BCUT2D eigenvalue weighted by Crippen LogP contribution is 2.38. The standard InChI is InChI=1S/C23H24BrF3N4O4S/c1-10(2)34-22-19(30-8-16(31-28)11-3-14(25)18(27)15(26)4-11)21-20(17(32)9-33-21)35-23(22)36-13-5-12(24)6-29-7-13/h3-8,10,17,19-23,32H,9,28H2,1-2H3/p+1/b30-8?,31-16+/t17?,19?,20?,21-,22?,23-/m1/s1. The minimum Gasteiger partial charge on any atom is -0.388 e. The molecule has 0 radical (unpaired) electrons. The number of hydrogen-bond donors (Lipinski definition) is 3. The number of hydrazone groups is 1. The Bertz CT molecular complexity index is 1140. The maximum Gasteiger partial charge on any atom is 0.208 e. The molecule has 3 heterocycles. The predicted octanol–water partition coefficient (Wildman–Crippen LogP) is 1.51. The van der Waals surface area contributed by atoms with E-state index in [1.54, 1.807) is 12.4 Å². The van der Waals surface area contributed by atoms with Gasteiger partial charge in [-0.3, -0.25) is 4.98 Å². The number of aliphatic hydroxyl groups excluding tert-OH is 1. The van der Waals surface area contributed by atoms with Crippen LogP contribution in [0.1, 0.15) is 19.4 Å². The molecule has 8 nitrogen and oxygen atoms in total. The third kappa shape index (κ3) is 5.92. The number of nitrogens with two attached hydrogens (primary N) is 1. The number of halogens is 4. The molecule has 0 aliphatic carbocycles. The van der Waals surface area contributed by atoms with Gasteiger partial charge in [-0.25, -0.2) is 18.2 Å². The fourth-order valence-electron chi connectivity index (χ4n) is 4.10. The summed E-state index contributed by atoms with van der Waals surface area (Å²) in [6.45, 7) is 3.80. The number of aromatic nitrogens is 1. The van der Waals surface area contributed by atoms with E-state index in [-0.39, 0.29) is 24.0 Å². The first kappa shape index (κ1) is 27.0. The summed E-state index contributed by atoms with van der Waals surface area (Å²) >= 11 is 4.78. The van der Waals surface area contributed by atoms with Crippen molar-refractivity contribution in [3.05, 3.63) is 58.1 Å².